The van der Waals surface area contributed by atoms with E-state index >= 15 is 0 Å². The molecule has 0 amide bonds. The molecule has 1 aliphatic rings. The van der Waals surface area contributed by atoms with Crippen LogP contribution in [0.5, 0.6) is 0 Å². The Hall–Kier alpha value is -2.11. The molecule has 0 unspecified atom stereocenters. The Bertz CT molecular complexity index is 501. The number of nitrogens with two attached hydrogens (primary N) is 1. The Morgan fingerprint density at radius 1 is 1.35 bits per heavy atom. The van der Waals surface area contributed by atoms with Crippen molar-refractivity contribution in [1.82, 2.24) is 20.2 Å². The Morgan fingerprint density at radius 2 is 2.29 bits per heavy atom. The van der Waals surface area contributed by atoms with Crippen LogP contribution in [-0.2, 0) is 0 Å². The van der Waals surface area contributed by atoms with Crippen LogP contribution in [0.1, 0.15) is 6.42 Å². The van der Waals surface area contributed by atoms with Crippen LogP contribution in [0.15, 0.2) is 18.3 Å². The first-order valence-corrected chi connectivity index (χ1v) is 5.54. The van der Waals surface area contributed by atoms with Gasteiger partial charge in [-0.15, -0.1) is 0 Å². The van der Waals surface area contributed by atoms with Crippen LogP contribution in [0.2, 0.25) is 0 Å². The molecular formula is C11H13N6. The van der Waals surface area contributed by atoms with Crippen molar-refractivity contribution in [2.45, 2.75) is 6.42 Å². The molecule has 1 aliphatic heterocycles. The molecule has 3 heterocycles. The van der Waals surface area contributed by atoms with Gasteiger partial charge in [0.15, 0.2) is 0 Å². The molecule has 1 radical (unpaired) electrons. The van der Waals surface area contributed by atoms with E-state index in [0.29, 0.717) is 5.95 Å². The van der Waals surface area contributed by atoms with Gasteiger partial charge in [-0.1, -0.05) is 0 Å². The van der Waals surface area contributed by atoms with Crippen LogP contribution < -0.4 is 10.6 Å². The Kier molecular flexibility index (Phi) is 2.40. The van der Waals surface area contributed by atoms with Crippen LogP contribution in [0.3, 0.4) is 0 Å². The van der Waals surface area contributed by atoms with Gasteiger partial charge in [-0.3, -0.25) is 5.10 Å². The lowest BCUT2D eigenvalue weighted by atomic mass is 10.3. The van der Waals surface area contributed by atoms with Crippen LogP contribution in [0.25, 0.3) is 11.4 Å². The minimum Gasteiger partial charge on any atom is -0.368 e. The summed E-state index contributed by atoms with van der Waals surface area (Å²) in [6, 6.07) is 3.80. The fraction of sp³-hybridized carbons (Fsp3) is 0.273. The third kappa shape index (κ3) is 1.93. The zero-order valence-electron chi connectivity index (χ0n) is 9.30. The lowest BCUT2D eigenvalue weighted by molar-refractivity contribution is 0.932. The van der Waals surface area contributed by atoms with Crippen molar-refractivity contribution >= 4 is 11.8 Å². The molecule has 0 aromatic carbocycles. The first-order valence-electron chi connectivity index (χ1n) is 5.54. The molecule has 6 heteroatoms. The lowest BCUT2D eigenvalue weighted by Gasteiger charge is -2.16. The summed E-state index contributed by atoms with van der Waals surface area (Å²) in [7, 11) is 0. The van der Waals surface area contributed by atoms with Gasteiger partial charge in [0.05, 0.1) is 11.4 Å². The van der Waals surface area contributed by atoms with Gasteiger partial charge in [0.2, 0.25) is 5.95 Å². The quantitative estimate of drug-likeness (QED) is 0.798. The fourth-order valence-electron chi connectivity index (χ4n) is 1.94. The average Bonchev–Trinajstić information content (AvgIpc) is 3.02. The maximum absolute atomic E-state index is 5.74. The Morgan fingerprint density at radius 3 is 3.00 bits per heavy atom. The predicted molar refractivity (Wildman–Crippen MR) is 65.2 cm³/mol. The van der Waals surface area contributed by atoms with Crippen molar-refractivity contribution in [3.8, 4) is 11.4 Å². The molecule has 1 fully saturated rings. The zero-order chi connectivity index (χ0) is 11.7. The first-order chi connectivity index (χ1) is 8.33. The topological polar surface area (TPSA) is 83.7 Å². The summed E-state index contributed by atoms with van der Waals surface area (Å²) in [5.74, 6) is 1.16. The minimum atomic E-state index is 0.291. The smallest absolute Gasteiger partial charge is 0.222 e. The van der Waals surface area contributed by atoms with E-state index < -0.39 is 0 Å². The maximum Gasteiger partial charge on any atom is 0.222 e. The third-order valence-electron chi connectivity index (χ3n) is 2.78. The molecule has 0 saturated carbocycles. The van der Waals surface area contributed by atoms with Gasteiger partial charge in [0.25, 0.3) is 0 Å². The molecule has 3 N–H and O–H groups in total. The standard InChI is InChI=1S/C11H13N6/c12-11-14-9(8-3-4-13-16-8)7-10(15-11)17-5-1-2-6-17/h1,3-4,7H,2,5-6H2,(H,13,16)(H2,12,14,15). The van der Waals surface area contributed by atoms with Crippen molar-refractivity contribution in [2.24, 2.45) is 0 Å². The van der Waals surface area contributed by atoms with E-state index in [1.54, 1.807) is 6.20 Å². The highest BCUT2D eigenvalue weighted by molar-refractivity contribution is 5.61. The van der Waals surface area contributed by atoms with E-state index in [9.17, 15) is 0 Å². The number of anilines is 2. The van der Waals surface area contributed by atoms with E-state index in [1.807, 2.05) is 12.1 Å². The number of nitrogens with zero attached hydrogens (tertiary/aromatic N) is 4. The molecule has 0 aliphatic carbocycles. The summed E-state index contributed by atoms with van der Waals surface area (Å²) >= 11 is 0. The summed E-state index contributed by atoms with van der Waals surface area (Å²) in [6.45, 7) is 1.90. The molecule has 2 aromatic rings. The molecule has 6 nitrogen and oxygen atoms in total. The van der Waals surface area contributed by atoms with E-state index in [-0.39, 0.29) is 0 Å². The second-order valence-corrected chi connectivity index (χ2v) is 3.96. The molecule has 17 heavy (non-hydrogen) atoms. The highest BCUT2D eigenvalue weighted by Gasteiger charge is 2.16. The predicted octanol–water partition coefficient (Wildman–Crippen LogP) is 0.863. The SMILES string of the molecule is Nc1nc(-c2ccn[nH]2)cc(N2C[CH]CC2)n1. The summed E-state index contributed by atoms with van der Waals surface area (Å²) in [6.07, 6.45) is 5.01. The molecular weight excluding hydrogens is 216 g/mol. The summed E-state index contributed by atoms with van der Waals surface area (Å²) in [5.41, 5.74) is 7.37. The van der Waals surface area contributed by atoms with Crippen molar-refractivity contribution in [3.05, 3.63) is 24.8 Å². The molecule has 0 bridgehead atoms. The van der Waals surface area contributed by atoms with Gasteiger partial charge in [-0.25, -0.2) is 4.98 Å². The molecule has 87 valence electrons. The van der Waals surface area contributed by atoms with Crippen molar-refractivity contribution in [1.29, 1.82) is 0 Å². The second-order valence-electron chi connectivity index (χ2n) is 3.96. The van der Waals surface area contributed by atoms with E-state index in [1.165, 1.54) is 0 Å². The first kappa shape index (κ1) is 10.1. The number of nitrogen functional groups attached to an aromatic ring is 1. The van der Waals surface area contributed by atoms with Crippen LogP contribution >= 0.6 is 0 Å². The van der Waals surface area contributed by atoms with Gasteiger partial charge < -0.3 is 10.6 Å². The van der Waals surface area contributed by atoms with Gasteiger partial charge in [-0.05, 0) is 18.9 Å². The Balaban J connectivity index is 2.00. The average molecular weight is 229 g/mol. The third-order valence-corrected chi connectivity index (χ3v) is 2.78. The van der Waals surface area contributed by atoms with Gasteiger partial charge in [0, 0.05) is 25.4 Å². The number of hydrogen-bond donors (Lipinski definition) is 2. The summed E-state index contributed by atoms with van der Waals surface area (Å²) in [5, 5.41) is 6.79. The molecule has 0 spiro atoms. The fourth-order valence-corrected chi connectivity index (χ4v) is 1.94. The maximum atomic E-state index is 5.74. The van der Waals surface area contributed by atoms with Crippen molar-refractivity contribution in [3.63, 3.8) is 0 Å². The number of rotatable bonds is 2. The Labute approximate surface area is 98.9 Å². The van der Waals surface area contributed by atoms with E-state index in [0.717, 1.165) is 36.7 Å². The highest BCUT2D eigenvalue weighted by atomic mass is 15.2. The van der Waals surface area contributed by atoms with Gasteiger partial charge in [0.1, 0.15) is 5.82 Å². The van der Waals surface area contributed by atoms with Crippen LogP contribution in [0, 0.1) is 6.42 Å². The number of aromatic amines is 1. The number of H-pyrrole nitrogens is 1. The number of nitrogens with one attached hydrogen (secondary N) is 1. The number of aromatic nitrogens is 4. The molecule has 2 aromatic heterocycles. The normalized spacial score (nSPS) is 15.4. The highest BCUT2D eigenvalue weighted by Crippen LogP contribution is 2.23. The molecule has 0 atom stereocenters. The van der Waals surface area contributed by atoms with Crippen molar-refractivity contribution < 1.29 is 0 Å². The summed E-state index contributed by atoms with van der Waals surface area (Å²) < 4.78 is 0. The van der Waals surface area contributed by atoms with E-state index in [4.69, 9.17) is 5.73 Å². The monoisotopic (exact) mass is 229 g/mol. The lowest BCUT2D eigenvalue weighted by Crippen LogP contribution is -2.20. The van der Waals surface area contributed by atoms with Crippen LogP contribution in [-0.4, -0.2) is 33.3 Å². The second kappa shape index (κ2) is 4.04. The zero-order valence-corrected chi connectivity index (χ0v) is 9.30. The summed E-state index contributed by atoms with van der Waals surface area (Å²) in [4.78, 5) is 10.6. The van der Waals surface area contributed by atoms with Crippen molar-refractivity contribution in [2.75, 3.05) is 23.7 Å². The van der Waals surface area contributed by atoms with E-state index in [2.05, 4.69) is 31.5 Å². The van der Waals surface area contributed by atoms with Gasteiger partial charge in [-0.2, -0.15) is 10.1 Å². The molecule has 1 saturated heterocycles. The van der Waals surface area contributed by atoms with Gasteiger partial charge >= 0.3 is 0 Å². The number of hydrogen-bond acceptors (Lipinski definition) is 5. The minimum absolute atomic E-state index is 0.291. The largest absolute Gasteiger partial charge is 0.368 e. The van der Waals surface area contributed by atoms with Crippen LogP contribution in [0.4, 0.5) is 11.8 Å². The molecule has 3 rings (SSSR count).